The van der Waals surface area contributed by atoms with Crippen molar-refractivity contribution in [3.63, 3.8) is 0 Å². The highest BCUT2D eigenvalue weighted by Crippen LogP contribution is 2.66. The van der Waals surface area contributed by atoms with Crippen molar-refractivity contribution in [1.29, 1.82) is 0 Å². The third kappa shape index (κ3) is 2.27. The Bertz CT molecular complexity index is 606. The second-order valence-electron chi connectivity index (χ2n) is 8.85. The first-order valence-electron chi connectivity index (χ1n) is 8.72. The fourth-order valence-corrected chi connectivity index (χ4v) is 4.29. The molecule has 3 aliphatic rings. The van der Waals surface area contributed by atoms with Gasteiger partial charge in [-0.05, 0) is 36.5 Å². The molecule has 2 heterocycles. The van der Waals surface area contributed by atoms with Crippen molar-refractivity contribution in [2.75, 3.05) is 6.54 Å². The molecular formula is C18H27N3O. The van der Waals surface area contributed by atoms with Crippen LogP contribution < -0.4 is 0 Å². The van der Waals surface area contributed by atoms with Crippen molar-refractivity contribution in [2.24, 2.45) is 16.7 Å². The van der Waals surface area contributed by atoms with E-state index in [4.69, 9.17) is 0 Å². The Labute approximate surface area is 132 Å². The standard InChI is InChI=1S/C18H27N3O/c1-17(2,3)10-15-12-11-21(8-5-14(12)19-20-15)16(22)13-9-18(13)6-4-7-18/h13H,4-11H2,1-3H3,(H,19,20)/t13-/m0/s1. The molecular weight excluding hydrogens is 274 g/mol. The molecule has 1 atom stereocenters. The first-order chi connectivity index (χ1) is 10.4. The molecule has 1 aromatic rings. The zero-order valence-electron chi connectivity index (χ0n) is 14.0. The van der Waals surface area contributed by atoms with Gasteiger partial charge < -0.3 is 4.90 Å². The van der Waals surface area contributed by atoms with Crippen LogP contribution in [0.1, 0.15) is 63.4 Å². The molecule has 1 aromatic heterocycles. The molecule has 2 saturated carbocycles. The van der Waals surface area contributed by atoms with Crippen LogP contribution in [-0.2, 0) is 24.2 Å². The highest BCUT2D eigenvalue weighted by Gasteiger charge is 2.61. The monoisotopic (exact) mass is 301 g/mol. The first kappa shape index (κ1) is 14.3. The lowest BCUT2D eigenvalue weighted by Gasteiger charge is -2.31. The number of hydrogen-bond donors (Lipinski definition) is 1. The molecule has 0 aromatic carbocycles. The van der Waals surface area contributed by atoms with E-state index in [-0.39, 0.29) is 5.41 Å². The number of aromatic nitrogens is 2. The van der Waals surface area contributed by atoms with Crippen LogP contribution in [0, 0.1) is 16.7 Å². The molecule has 2 fully saturated rings. The van der Waals surface area contributed by atoms with Gasteiger partial charge in [0.25, 0.3) is 0 Å². The van der Waals surface area contributed by atoms with Gasteiger partial charge in [-0.1, -0.05) is 27.2 Å². The Morgan fingerprint density at radius 3 is 2.77 bits per heavy atom. The summed E-state index contributed by atoms with van der Waals surface area (Å²) in [6, 6.07) is 0. The van der Waals surface area contributed by atoms with E-state index in [2.05, 4.69) is 35.9 Å². The van der Waals surface area contributed by atoms with Crippen LogP contribution >= 0.6 is 0 Å². The number of fused-ring (bicyclic) bond motifs is 1. The highest BCUT2D eigenvalue weighted by atomic mass is 16.2. The van der Waals surface area contributed by atoms with E-state index in [1.54, 1.807) is 0 Å². The fraction of sp³-hybridized carbons (Fsp3) is 0.778. The quantitative estimate of drug-likeness (QED) is 0.912. The number of rotatable bonds is 2. The summed E-state index contributed by atoms with van der Waals surface area (Å²) < 4.78 is 0. The lowest BCUT2D eigenvalue weighted by molar-refractivity contribution is -0.134. The summed E-state index contributed by atoms with van der Waals surface area (Å²) in [5.74, 6) is 0.744. The smallest absolute Gasteiger partial charge is 0.226 e. The average Bonchev–Trinajstić information content (AvgIpc) is 3.08. The average molecular weight is 301 g/mol. The number of hydrogen-bond acceptors (Lipinski definition) is 2. The molecule has 2 aliphatic carbocycles. The van der Waals surface area contributed by atoms with E-state index in [0.717, 1.165) is 38.0 Å². The van der Waals surface area contributed by atoms with Gasteiger partial charge in [-0.3, -0.25) is 9.89 Å². The fourth-order valence-electron chi connectivity index (χ4n) is 4.29. The zero-order chi connectivity index (χ0) is 15.5. The summed E-state index contributed by atoms with van der Waals surface area (Å²) in [6.07, 6.45) is 6.93. The summed E-state index contributed by atoms with van der Waals surface area (Å²) in [5, 5.41) is 7.73. The molecule has 4 rings (SSSR count). The van der Waals surface area contributed by atoms with E-state index in [9.17, 15) is 4.79 Å². The Morgan fingerprint density at radius 1 is 1.41 bits per heavy atom. The predicted molar refractivity (Wildman–Crippen MR) is 85.3 cm³/mol. The number of nitrogens with zero attached hydrogens (tertiary/aromatic N) is 2. The number of carbonyl (C=O) groups is 1. The Kier molecular flexibility index (Phi) is 2.98. The van der Waals surface area contributed by atoms with Gasteiger partial charge in [0, 0.05) is 36.7 Å². The molecule has 0 radical (unpaired) electrons. The van der Waals surface area contributed by atoms with Crippen molar-refractivity contribution < 1.29 is 4.79 Å². The summed E-state index contributed by atoms with van der Waals surface area (Å²) in [7, 11) is 0. The van der Waals surface area contributed by atoms with Crippen LogP contribution in [-0.4, -0.2) is 27.5 Å². The molecule has 0 bridgehead atoms. The highest BCUT2D eigenvalue weighted by molar-refractivity contribution is 5.83. The van der Waals surface area contributed by atoms with E-state index in [1.807, 2.05) is 0 Å². The van der Waals surface area contributed by atoms with Crippen molar-refractivity contribution in [3.8, 4) is 0 Å². The number of nitrogens with one attached hydrogen (secondary N) is 1. The number of H-pyrrole nitrogens is 1. The molecule has 0 unspecified atom stereocenters. The van der Waals surface area contributed by atoms with E-state index < -0.39 is 0 Å². The van der Waals surface area contributed by atoms with Gasteiger partial charge in [0.05, 0.1) is 5.69 Å². The van der Waals surface area contributed by atoms with Crippen molar-refractivity contribution >= 4 is 5.91 Å². The van der Waals surface area contributed by atoms with E-state index in [1.165, 1.54) is 30.5 Å². The SMILES string of the molecule is CC(C)(C)Cc1n[nH]c2c1CN(C(=O)[C@@H]1CC13CCC3)CC2. The van der Waals surface area contributed by atoms with Crippen LogP contribution in [0.25, 0.3) is 0 Å². The maximum absolute atomic E-state index is 12.8. The normalized spacial score (nSPS) is 25.8. The molecule has 1 spiro atoms. The minimum atomic E-state index is 0.224. The predicted octanol–water partition coefficient (Wildman–Crippen LogP) is 3.07. The summed E-state index contributed by atoms with van der Waals surface area (Å²) in [4.78, 5) is 14.9. The van der Waals surface area contributed by atoms with Crippen molar-refractivity contribution in [2.45, 2.75) is 65.8 Å². The zero-order valence-corrected chi connectivity index (χ0v) is 14.0. The van der Waals surface area contributed by atoms with Gasteiger partial charge >= 0.3 is 0 Å². The molecule has 0 saturated heterocycles. The van der Waals surface area contributed by atoms with Gasteiger partial charge in [-0.25, -0.2) is 0 Å². The van der Waals surface area contributed by atoms with Gasteiger partial charge in [0.2, 0.25) is 5.91 Å². The maximum Gasteiger partial charge on any atom is 0.226 e. The first-order valence-corrected chi connectivity index (χ1v) is 8.72. The molecule has 1 aliphatic heterocycles. The third-order valence-corrected chi connectivity index (χ3v) is 5.87. The topological polar surface area (TPSA) is 49.0 Å². The van der Waals surface area contributed by atoms with Gasteiger partial charge in [-0.15, -0.1) is 0 Å². The van der Waals surface area contributed by atoms with Crippen molar-refractivity contribution in [3.05, 3.63) is 17.0 Å². The molecule has 120 valence electrons. The lowest BCUT2D eigenvalue weighted by Crippen LogP contribution is -2.38. The Hall–Kier alpha value is -1.32. The second kappa shape index (κ2) is 4.59. The van der Waals surface area contributed by atoms with E-state index >= 15 is 0 Å². The summed E-state index contributed by atoms with van der Waals surface area (Å²) in [5.41, 5.74) is 4.36. The molecule has 1 amide bonds. The van der Waals surface area contributed by atoms with Crippen molar-refractivity contribution in [1.82, 2.24) is 15.1 Å². The van der Waals surface area contributed by atoms with Crippen LogP contribution in [0.3, 0.4) is 0 Å². The lowest BCUT2D eigenvalue weighted by atomic mass is 9.79. The van der Waals surface area contributed by atoms with Gasteiger partial charge in [0.15, 0.2) is 0 Å². The minimum Gasteiger partial charge on any atom is -0.338 e. The second-order valence-corrected chi connectivity index (χ2v) is 8.85. The van der Waals surface area contributed by atoms with Crippen LogP contribution in [0.2, 0.25) is 0 Å². The maximum atomic E-state index is 12.8. The largest absolute Gasteiger partial charge is 0.338 e. The van der Waals surface area contributed by atoms with E-state index in [0.29, 0.717) is 17.2 Å². The Morgan fingerprint density at radius 2 is 2.18 bits per heavy atom. The number of amides is 1. The van der Waals surface area contributed by atoms with Crippen LogP contribution in [0.15, 0.2) is 0 Å². The van der Waals surface area contributed by atoms with Crippen LogP contribution in [0.5, 0.6) is 0 Å². The van der Waals surface area contributed by atoms with Gasteiger partial charge in [0.1, 0.15) is 0 Å². The van der Waals surface area contributed by atoms with Crippen LogP contribution in [0.4, 0.5) is 0 Å². The summed E-state index contributed by atoms with van der Waals surface area (Å²) in [6.45, 7) is 8.34. The molecule has 4 nitrogen and oxygen atoms in total. The number of aromatic amines is 1. The molecule has 22 heavy (non-hydrogen) atoms. The summed E-state index contributed by atoms with van der Waals surface area (Å²) >= 11 is 0. The molecule has 4 heteroatoms. The third-order valence-electron chi connectivity index (χ3n) is 5.87. The minimum absolute atomic E-state index is 0.224. The Balaban J connectivity index is 1.49. The van der Waals surface area contributed by atoms with Gasteiger partial charge in [-0.2, -0.15) is 5.10 Å². The number of carbonyl (C=O) groups excluding carboxylic acids is 1. The molecule has 1 N–H and O–H groups in total.